The fourth-order valence-electron chi connectivity index (χ4n) is 4.09. The Morgan fingerprint density at radius 1 is 0.964 bits per heavy atom. The summed E-state index contributed by atoms with van der Waals surface area (Å²) < 4.78 is 0. The lowest BCUT2D eigenvalue weighted by Gasteiger charge is -2.44. The lowest BCUT2D eigenvalue weighted by Crippen LogP contribution is -2.53. The third-order valence-corrected chi connectivity index (χ3v) is 5.87. The molecule has 2 amide bonds. The molecule has 0 bridgehead atoms. The Morgan fingerprint density at radius 2 is 1.61 bits per heavy atom. The van der Waals surface area contributed by atoms with Crippen LogP contribution in [0, 0.1) is 5.92 Å². The first-order chi connectivity index (χ1) is 13.7. The van der Waals surface area contributed by atoms with Crippen molar-refractivity contribution in [2.45, 2.75) is 31.8 Å². The molecule has 2 saturated heterocycles. The second kappa shape index (κ2) is 8.57. The third-order valence-electron chi connectivity index (χ3n) is 5.87. The second-order valence-corrected chi connectivity index (χ2v) is 7.73. The molecule has 1 unspecified atom stereocenters. The van der Waals surface area contributed by atoms with Crippen molar-refractivity contribution >= 4 is 11.8 Å². The number of likely N-dealkylation sites (tertiary alicyclic amines) is 2. The molecule has 2 heterocycles. The van der Waals surface area contributed by atoms with Gasteiger partial charge in [0.1, 0.15) is 0 Å². The normalized spacial score (nSPS) is 20.6. The molecule has 0 spiro atoms. The number of hydrogen-bond acceptors (Lipinski definition) is 3. The number of nitrogens with zero attached hydrogens (tertiary/aromatic N) is 2. The van der Waals surface area contributed by atoms with Crippen LogP contribution < -0.4 is 5.32 Å². The van der Waals surface area contributed by atoms with E-state index < -0.39 is 0 Å². The van der Waals surface area contributed by atoms with Gasteiger partial charge in [0.25, 0.3) is 0 Å². The van der Waals surface area contributed by atoms with Gasteiger partial charge in [0.15, 0.2) is 0 Å². The zero-order valence-electron chi connectivity index (χ0n) is 16.1. The van der Waals surface area contributed by atoms with Crippen molar-refractivity contribution in [3.8, 4) is 0 Å². The first-order valence-corrected chi connectivity index (χ1v) is 10.1. The van der Waals surface area contributed by atoms with Crippen molar-refractivity contribution in [2.24, 2.45) is 5.92 Å². The van der Waals surface area contributed by atoms with E-state index in [1.807, 2.05) is 53.4 Å². The Bertz CT molecular complexity index is 801. The van der Waals surface area contributed by atoms with E-state index in [-0.39, 0.29) is 23.8 Å². The van der Waals surface area contributed by atoms with Crippen LogP contribution >= 0.6 is 0 Å². The Labute approximate surface area is 166 Å². The van der Waals surface area contributed by atoms with Gasteiger partial charge in [0.2, 0.25) is 11.8 Å². The van der Waals surface area contributed by atoms with Crippen molar-refractivity contribution in [2.75, 3.05) is 19.8 Å². The quantitative estimate of drug-likeness (QED) is 0.788. The van der Waals surface area contributed by atoms with E-state index >= 15 is 0 Å². The van der Waals surface area contributed by atoms with E-state index in [0.717, 1.165) is 31.5 Å². The predicted molar refractivity (Wildman–Crippen MR) is 108 cm³/mol. The van der Waals surface area contributed by atoms with Crippen molar-refractivity contribution < 1.29 is 9.59 Å². The Hall–Kier alpha value is -2.66. The summed E-state index contributed by atoms with van der Waals surface area (Å²) in [6.07, 6.45) is 2.29. The minimum absolute atomic E-state index is 0.0666. The molecule has 4 rings (SSSR count). The van der Waals surface area contributed by atoms with Crippen LogP contribution in [0.2, 0.25) is 0 Å². The van der Waals surface area contributed by atoms with Gasteiger partial charge in [-0.15, -0.1) is 0 Å². The number of amides is 2. The highest BCUT2D eigenvalue weighted by atomic mass is 16.2. The predicted octanol–water partition coefficient (Wildman–Crippen LogP) is 2.95. The molecule has 2 aliphatic heterocycles. The van der Waals surface area contributed by atoms with Crippen molar-refractivity contribution in [3.05, 3.63) is 71.8 Å². The molecule has 1 N–H and O–H groups in total. The number of β-lactam (4-membered cyclic amide) rings is 1. The molecular formula is C23H27N3O2. The van der Waals surface area contributed by atoms with E-state index in [0.29, 0.717) is 19.6 Å². The molecule has 0 saturated carbocycles. The van der Waals surface area contributed by atoms with Crippen LogP contribution in [-0.2, 0) is 16.1 Å². The van der Waals surface area contributed by atoms with Crippen molar-refractivity contribution in [1.82, 2.24) is 15.1 Å². The van der Waals surface area contributed by atoms with Crippen LogP contribution in [0.3, 0.4) is 0 Å². The highest BCUT2D eigenvalue weighted by Gasteiger charge is 2.38. The van der Waals surface area contributed by atoms with Gasteiger partial charge < -0.3 is 10.2 Å². The van der Waals surface area contributed by atoms with Gasteiger partial charge >= 0.3 is 0 Å². The van der Waals surface area contributed by atoms with Crippen LogP contribution in [0.1, 0.15) is 36.4 Å². The number of hydrogen-bond donors (Lipinski definition) is 1. The van der Waals surface area contributed by atoms with Crippen LogP contribution in [0.25, 0.3) is 0 Å². The molecule has 1 atom stereocenters. The SMILES string of the molecule is O=C(NCc1ccccc1)C1CCN(CN2C(=O)CC2c2ccccc2)CC1. The number of benzene rings is 2. The molecule has 28 heavy (non-hydrogen) atoms. The van der Waals surface area contributed by atoms with Crippen LogP contribution in [0.5, 0.6) is 0 Å². The van der Waals surface area contributed by atoms with Gasteiger partial charge in [-0.25, -0.2) is 0 Å². The lowest BCUT2D eigenvalue weighted by molar-refractivity contribution is -0.151. The fourth-order valence-corrected chi connectivity index (χ4v) is 4.09. The molecule has 0 aromatic heterocycles. The molecule has 146 valence electrons. The Kier molecular flexibility index (Phi) is 5.72. The summed E-state index contributed by atoms with van der Waals surface area (Å²) in [4.78, 5) is 28.8. The van der Waals surface area contributed by atoms with Crippen molar-refractivity contribution in [1.29, 1.82) is 0 Å². The smallest absolute Gasteiger partial charge is 0.226 e. The van der Waals surface area contributed by atoms with E-state index in [9.17, 15) is 9.59 Å². The second-order valence-electron chi connectivity index (χ2n) is 7.73. The van der Waals surface area contributed by atoms with Gasteiger partial charge in [-0.1, -0.05) is 60.7 Å². The summed E-state index contributed by atoms with van der Waals surface area (Å²) in [5.74, 6) is 0.430. The van der Waals surface area contributed by atoms with Gasteiger partial charge in [-0.3, -0.25) is 14.5 Å². The highest BCUT2D eigenvalue weighted by molar-refractivity contribution is 5.83. The summed E-state index contributed by atoms with van der Waals surface area (Å²) in [7, 11) is 0. The standard InChI is InChI=1S/C23H27N3O2/c27-22-15-21(19-9-5-2-6-10-19)26(22)17-25-13-11-20(12-14-25)23(28)24-16-18-7-3-1-4-8-18/h1-10,20-21H,11-17H2,(H,24,28). The molecule has 0 radical (unpaired) electrons. The molecule has 2 aromatic carbocycles. The minimum atomic E-state index is 0.0666. The maximum absolute atomic E-state index is 12.5. The molecule has 2 aromatic rings. The van der Waals surface area contributed by atoms with Crippen LogP contribution in [0.4, 0.5) is 0 Å². The topological polar surface area (TPSA) is 52.7 Å². The number of carbonyl (C=O) groups excluding carboxylic acids is 2. The van der Waals surface area contributed by atoms with E-state index in [2.05, 4.69) is 22.3 Å². The molecular weight excluding hydrogens is 350 g/mol. The van der Waals surface area contributed by atoms with E-state index in [1.165, 1.54) is 5.56 Å². The summed E-state index contributed by atoms with van der Waals surface area (Å²) in [6.45, 7) is 2.96. The maximum atomic E-state index is 12.5. The van der Waals surface area contributed by atoms with Crippen molar-refractivity contribution in [3.63, 3.8) is 0 Å². The maximum Gasteiger partial charge on any atom is 0.226 e. The van der Waals surface area contributed by atoms with E-state index in [1.54, 1.807) is 0 Å². The largest absolute Gasteiger partial charge is 0.352 e. The number of rotatable bonds is 6. The number of piperidine rings is 1. The van der Waals surface area contributed by atoms with Gasteiger partial charge in [0.05, 0.1) is 19.1 Å². The fraction of sp³-hybridized carbons (Fsp3) is 0.391. The third kappa shape index (κ3) is 4.25. The molecule has 0 aliphatic carbocycles. The zero-order valence-corrected chi connectivity index (χ0v) is 16.1. The minimum Gasteiger partial charge on any atom is -0.352 e. The summed E-state index contributed by atoms with van der Waals surface area (Å²) in [5, 5.41) is 3.06. The molecule has 5 heteroatoms. The summed E-state index contributed by atoms with van der Waals surface area (Å²) in [6, 6.07) is 20.4. The highest BCUT2D eigenvalue weighted by Crippen LogP contribution is 2.34. The molecule has 2 fully saturated rings. The summed E-state index contributed by atoms with van der Waals surface area (Å²) >= 11 is 0. The average molecular weight is 377 g/mol. The monoisotopic (exact) mass is 377 g/mol. The lowest BCUT2D eigenvalue weighted by atomic mass is 9.93. The van der Waals surface area contributed by atoms with Gasteiger partial charge in [-0.05, 0) is 24.0 Å². The zero-order chi connectivity index (χ0) is 19.3. The number of nitrogens with one attached hydrogen (secondary N) is 1. The summed E-state index contributed by atoms with van der Waals surface area (Å²) in [5.41, 5.74) is 2.33. The first kappa shape index (κ1) is 18.7. The number of carbonyl (C=O) groups is 2. The Balaban J connectivity index is 1.24. The average Bonchev–Trinajstić information content (AvgIpc) is 2.76. The van der Waals surface area contributed by atoms with Gasteiger partial charge in [-0.2, -0.15) is 0 Å². The molecule has 2 aliphatic rings. The Morgan fingerprint density at radius 3 is 2.25 bits per heavy atom. The molecule has 5 nitrogen and oxygen atoms in total. The van der Waals surface area contributed by atoms with Crippen LogP contribution in [-0.4, -0.2) is 41.4 Å². The van der Waals surface area contributed by atoms with Crippen LogP contribution in [0.15, 0.2) is 60.7 Å². The van der Waals surface area contributed by atoms with Gasteiger partial charge in [0, 0.05) is 25.6 Å². The van der Waals surface area contributed by atoms with E-state index in [4.69, 9.17) is 0 Å². The first-order valence-electron chi connectivity index (χ1n) is 10.1.